The Morgan fingerprint density at radius 3 is 1.13 bits per heavy atom. The third-order valence-electron chi connectivity index (χ3n) is 13.1. The number of nitrogens with zero attached hydrogens (tertiary/aromatic N) is 2. The van der Waals surface area contributed by atoms with Crippen LogP contribution >= 0.6 is 49.6 Å². The van der Waals surface area contributed by atoms with Crippen molar-refractivity contribution >= 4 is 72.8 Å². The summed E-state index contributed by atoms with van der Waals surface area (Å²) in [6.45, 7) is 17.5. The second-order valence-electron chi connectivity index (χ2n) is 18.3. The van der Waals surface area contributed by atoms with Gasteiger partial charge in [0.25, 0.3) is 0 Å². The average Bonchev–Trinajstić information content (AvgIpc) is 3.20. The van der Waals surface area contributed by atoms with Gasteiger partial charge in [0, 0.05) is 35.6 Å². The summed E-state index contributed by atoms with van der Waals surface area (Å²) in [5, 5.41) is 7.06. The number of aryl methyl sites for hydroxylation is 4. The van der Waals surface area contributed by atoms with Gasteiger partial charge >= 0.3 is 0 Å². The number of rotatable bonds is 13. The van der Waals surface area contributed by atoms with E-state index in [1.54, 1.807) is 0 Å². The molecule has 2 amide bonds. The van der Waals surface area contributed by atoms with Crippen molar-refractivity contribution in [3.63, 3.8) is 0 Å². The zero-order valence-corrected chi connectivity index (χ0v) is 41.4. The summed E-state index contributed by atoms with van der Waals surface area (Å²) in [6.07, 6.45) is 9.83. The largest absolute Gasteiger partial charge is 0.326 e. The van der Waals surface area contributed by atoms with Crippen LogP contribution in [0.5, 0.6) is 0 Å². The first kappa shape index (κ1) is 54.9. The van der Waals surface area contributed by atoms with Gasteiger partial charge in [-0.1, -0.05) is 126 Å². The molecular formula is C50H72Cl4N6O2. The smallest absolute Gasteiger partial charge is 0.231 e. The van der Waals surface area contributed by atoms with Crippen LogP contribution in [0.2, 0.25) is 0 Å². The number of nitrogens with one attached hydrogen (secondary N) is 2. The van der Waals surface area contributed by atoms with Gasteiger partial charge in [0.2, 0.25) is 11.8 Å². The normalized spacial score (nSPS) is 15.4. The number of carbonyl (C=O) groups is 2. The molecule has 62 heavy (non-hydrogen) atoms. The molecular weight excluding hydrogens is 858 g/mol. The van der Waals surface area contributed by atoms with Crippen molar-refractivity contribution in [3.8, 4) is 22.3 Å². The van der Waals surface area contributed by atoms with Crippen LogP contribution in [0.3, 0.4) is 0 Å². The van der Waals surface area contributed by atoms with Crippen molar-refractivity contribution in [2.45, 2.75) is 146 Å². The maximum Gasteiger partial charge on any atom is 0.231 e. The van der Waals surface area contributed by atoms with Gasteiger partial charge in [0.05, 0.1) is 33.6 Å². The van der Waals surface area contributed by atoms with Crippen LogP contribution in [-0.4, -0.2) is 21.8 Å². The van der Waals surface area contributed by atoms with Crippen LogP contribution in [0.4, 0.5) is 11.4 Å². The topological polar surface area (TPSA) is 136 Å². The minimum Gasteiger partial charge on any atom is -0.326 e. The molecule has 0 unspecified atom stereocenters. The Morgan fingerprint density at radius 1 is 0.548 bits per heavy atom. The van der Waals surface area contributed by atoms with E-state index in [0.29, 0.717) is 62.0 Å². The zero-order chi connectivity index (χ0) is 41.8. The minimum atomic E-state index is -0.925. The molecule has 8 nitrogen and oxygen atoms in total. The lowest BCUT2D eigenvalue weighted by molar-refractivity contribution is -0.153. The summed E-state index contributed by atoms with van der Waals surface area (Å²) < 4.78 is 0. The van der Waals surface area contributed by atoms with Crippen molar-refractivity contribution in [2.75, 3.05) is 10.6 Å². The fourth-order valence-electron chi connectivity index (χ4n) is 10.2. The van der Waals surface area contributed by atoms with Gasteiger partial charge in [-0.2, -0.15) is 0 Å². The molecule has 0 bridgehead atoms. The fraction of sp³-hybridized carbons (Fsp3) is 0.520. The van der Waals surface area contributed by atoms with E-state index in [1.165, 1.54) is 0 Å². The van der Waals surface area contributed by atoms with Crippen LogP contribution in [0.15, 0.2) is 48.5 Å². The lowest BCUT2D eigenvalue weighted by Gasteiger charge is -2.52. The highest BCUT2D eigenvalue weighted by Gasteiger charge is 2.60. The van der Waals surface area contributed by atoms with Crippen molar-refractivity contribution in [1.82, 2.24) is 9.97 Å². The van der Waals surface area contributed by atoms with Crippen LogP contribution < -0.4 is 22.1 Å². The summed E-state index contributed by atoms with van der Waals surface area (Å²) in [4.78, 5) is 41.6. The third-order valence-corrected chi connectivity index (χ3v) is 13.1. The maximum atomic E-state index is 15.7. The molecule has 6 rings (SSSR count). The summed E-state index contributed by atoms with van der Waals surface area (Å²) in [5.41, 5.74) is 24.3. The standard InChI is InChI=1S/C50H68N6O2.4ClH/c1-31(2)27-41-39(29-51)43(37-19-15-33(5)16-20-37)45(35(7)53-41)55-47(57)49(23-11-9-12-24-49)50(25-13-10-14-26-50)48(58)56-46-36(8)54-42(28-32(3)4)40(30-52)44(46)38-21-17-34(6)18-22-38;;;;/h15-22,31-32H,9-14,23-30,51-52H2,1-8H3,(H,55,57)(H,56,58);4*1H. The van der Waals surface area contributed by atoms with E-state index < -0.39 is 10.8 Å². The van der Waals surface area contributed by atoms with E-state index in [0.717, 1.165) is 119 Å². The fourth-order valence-corrected chi connectivity index (χ4v) is 10.2. The quantitative estimate of drug-likeness (QED) is 0.105. The van der Waals surface area contributed by atoms with E-state index in [1.807, 2.05) is 13.8 Å². The predicted octanol–water partition coefficient (Wildman–Crippen LogP) is 12.5. The van der Waals surface area contributed by atoms with E-state index in [-0.39, 0.29) is 61.4 Å². The molecule has 0 saturated heterocycles. The molecule has 0 radical (unpaired) electrons. The number of halogens is 4. The molecule has 342 valence electrons. The average molecular weight is 931 g/mol. The first-order chi connectivity index (χ1) is 27.7. The van der Waals surface area contributed by atoms with Gasteiger partial charge < -0.3 is 22.1 Å². The van der Waals surface area contributed by atoms with Crippen molar-refractivity contribution in [3.05, 3.63) is 93.6 Å². The van der Waals surface area contributed by atoms with E-state index in [9.17, 15) is 0 Å². The molecule has 0 aliphatic heterocycles. The molecule has 2 heterocycles. The second kappa shape index (κ2) is 23.6. The van der Waals surface area contributed by atoms with E-state index in [4.69, 9.17) is 21.4 Å². The Bertz CT molecular complexity index is 1960. The van der Waals surface area contributed by atoms with E-state index >= 15 is 9.59 Å². The highest BCUT2D eigenvalue weighted by Crippen LogP contribution is 2.58. The highest BCUT2D eigenvalue weighted by atomic mass is 35.5. The predicted molar refractivity (Wildman–Crippen MR) is 268 cm³/mol. The first-order valence-corrected chi connectivity index (χ1v) is 22.0. The van der Waals surface area contributed by atoms with E-state index in [2.05, 4.69) is 101 Å². The number of hydrogen-bond acceptors (Lipinski definition) is 6. The summed E-state index contributed by atoms with van der Waals surface area (Å²) >= 11 is 0. The lowest BCUT2D eigenvalue weighted by atomic mass is 9.51. The number of carbonyl (C=O) groups excluding carboxylic acids is 2. The number of aromatic nitrogens is 2. The number of benzene rings is 2. The van der Waals surface area contributed by atoms with Gasteiger partial charge in [0.1, 0.15) is 0 Å². The molecule has 6 N–H and O–H groups in total. The Labute approximate surface area is 396 Å². The van der Waals surface area contributed by atoms with Crippen LogP contribution in [0, 0.1) is 50.4 Å². The van der Waals surface area contributed by atoms with Crippen molar-refractivity contribution in [1.29, 1.82) is 0 Å². The van der Waals surface area contributed by atoms with Crippen LogP contribution in [0.25, 0.3) is 22.3 Å². The number of anilines is 2. The van der Waals surface area contributed by atoms with Gasteiger partial charge in [-0.05, 0) is 100 Å². The molecule has 2 fully saturated rings. The van der Waals surface area contributed by atoms with Gasteiger partial charge in [-0.25, -0.2) is 0 Å². The molecule has 4 aromatic rings. The Kier molecular flexibility index (Phi) is 20.9. The maximum absolute atomic E-state index is 15.7. The number of nitrogens with two attached hydrogens (primary N) is 2. The van der Waals surface area contributed by atoms with Gasteiger partial charge in [-0.3, -0.25) is 19.6 Å². The van der Waals surface area contributed by atoms with Gasteiger partial charge in [-0.15, -0.1) is 49.6 Å². The summed E-state index contributed by atoms with van der Waals surface area (Å²) in [5.74, 6) is 0.615. The van der Waals surface area contributed by atoms with Crippen LogP contribution in [0.1, 0.15) is 137 Å². The molecule has 2 aromatic carbocycles. The van der Waals surface area contributed by atoms with Crippen molar-refractivity contribution in [2.24, 2.45) is 34.1 Å². The summed E-state index contributed by atoms with van der Waals surface area (Å²) in [7, 11) is 0. The number of amides is 2. The third kappa shape index (κ3) is 11.2. The molecule has 0 spiro atoms. The second-order valence-corrected chi connectivity index (χ2v) is 18.3. The van der Waals surface area contributed by atoms with Crippen molar-refractivity contribution < 1.29 is 9.59 Å². The molecule has 0 atom stereocenters. The van der Waals surface area contributed by atoms with Crippen LogP contribution in [-0.2, 0) is 35.5 Å². The zero-order valence-electron chi connectivity index (χ0n) is 38.2. The number of hydrogen-bond donors (Lipinski definition) is 4. The molecule has 2 saturated carbocycles. The van der Waals surface area contributed by atoms with Gasteiger partial charge in [0.15, 0.2) is 0 Å². The molecule has 2 aliphatic rings. The molecule has 2 aromatic heterocycles. The lowest BCUT2D eigenvalue weighted by Crippen LogP contribution is -2.58. The minimum absolute atomic E-state index is 0. The Hall–Kier alpha value is -3.24. The Balaban J connectivity index is 0.00000331. The SMILES string of the molecule is Cc1ccc(-c2c(CN)c(CC(C)C)nc(C)c2NC(=O)C2(C3(C(=O)Nc4c(C)nc(CC(C)C)c(CN)c4-c4ccc(C)cc4)CCCCC3)CCCCC2)cc1.Cl.Cl.Cl.Cl. The molecule has 2 aliphatic carbocycles. The number of pyridine rings is 2. The molecule has 12 heteroatoms. The first-order valence-electron chi connectivity index (χ1n) is 22.0. The summed E-state index contributed by atoms with van der Waals surface area (Å²) in [6, 6.07) is 16.9. The Morgan fingerprint density at radius 2 is 0.855 bits per heavy atom. The monoisotopic (exact) mass is 928 g/mol. The highest BCUT2D eigenvalue weighted by molar-refractivity contribution is 6.07.